The van der Waals surface area contributed by atoms with Crippen LogP contribution in [-0.2, 0) is 0 Å². The molecular formula is C10H11N3O2. The summed E-state index contributed by atoms with van der Waals surface area (Å²) in [4.78, 5) is 0. The van der Waals surface area contributed by atoms with Crippen LogP contribution in [0.5, 0.6) is 11.5 Å². The van der Waals surface area contributed by atoms with E-state index in [-0.39, 0.29) is 5.75 Å². The summed E-state index contributed by atoms with van der Waals surface area (Å²) in [5.41, 5.74) is 7.11. The topological polar surface area (TPSA) is 84.2 Å². The van der Waals surface area contributed by atoms with Crippen LogP contribution >= 0.6 is 0 Å². The van der Waals surface area contributed by atoms with E-state index in [9.17, 15) is 5.11 Å². The number of benzene rings is 1. The van der Waals surface area contributed by atoms with Gasteiger partial charge in [0, 0.05) is 11.1 Å². The highest BCUT2D eigenvalue weighted by atomic mass is 16.5. The number of methoxy groups -OCH3 is 1. The molecule has 0 unspecified atom stereocenters. The molecule has 0 aliphatic rings. The molecule has 0 radical (unpaired) electrons. The highest BCUT2D eigenvalue weighted by Crippen LogP contribution is 2.34. The zero-order valence-corrected chi connectivity index (χ0v) is 8.19. The van der Waals surface area contributed by atoms with Crippen molar-refractivity contribution < 1.29 is 9.84 Å². The molecule has 0 bridgehead atoms. The second kappa shape index (κ2) is 3.53. The van der Waals surface area contributed by atoms with E-state index in [1.807, 2.05) is 0 Å². The van der Waals surface area contributed by atoms with Gasteiger partial charge in [0.25, 0.3) is 0 Å². The van der Waals surface area contributed by atoms with Gasteiger partial charge in [-0.3, -0.25) is 5.10 Å². The van der Waals surface area contributed by atoms with Crippen LogP contribution in [-0.4, -0.2) is 22.4 Å². The number of nitrogens with two attached hydrogens (primary N) is 1. The average molecular weight is 205 g/mol. The summed E-state index contributed by atoms with van der Waals surface area (Å²) in [5, 5.41) is 15.8. The quantitative estimate of drug-likeness (QED) is 0.691. The highest BCUT2D eigenvalue weighted by molar-refractivity contribution is 5.78. The fourth-order valence-corrected chi connectivity index (χ4v) is 1.42. The number of aromatic amines is 1. The SMILES string of the molecule is COc1ccc(O)cc1-c1cn[nH]c1N. The van der Waals surface area contributed by atoms with E-state index in [1.165, 1.54) is 0 Å². The van der Waals surface area contributed by atoms with Gasteiger partial charge in [-0.1, -0.05) is 0 Å². The number of phenols is 1. The number of nitrogen functional groups attached to an aromatic ring is 1. The molecule has 0 atom stereocenters. The van der Waals surface area contributed by atoms with E-state index >= 15 is 0 Å². The molecule has 5 nitrogen and oxygen atoms in total. The third-order valence-corrected chi connectivity index (χ3v) is 2.14. The second-order valence-electron chi connectivity index (χ2n) is 3.08. The van der Waals surface area contributed by atoms with Crippen LogP contribution in [0.3, 0.4) is 0 Å². The van der Waals surface area contributed by atoms with Gasteiger partial charge in [-0.05, 0) is 18.2 Å². The van der Waals surface area contributed by atoms with Crippen molar-refractivity contribution in [3.05, 3.63) is 24.4 Å². The minimum atomic E-state index is 0.159. The van der Waals surface area contributed by atoms with E-state index in [1.54, 1.807) is 31.5 Å². The van der Waals surface area contributed by atoms with Crippen LogP contribution in [0.2, 0.25) is 0 Å². The lowest BCUT2D eigenvalue weighted by Crippen LogP contribution is -1.91. The molecule has 0 saturated carbocycles. The number of ether oxygens (including phenoxy) is 1. The van der Waals surface area contributed by atoms with Crippen LogP contribution in [0.1, 0.15) is 0 Å². The second-order valence-corrected chi connectivity index (χ2v) is 3.08. The van der Waals surface area contributed by atoms with E-state index in [0.717, 1.165) is 0 Å². The molecule has 0 fully saturated rings. The lowest BCUT2D eigenvalue weighted by Gasteiger charge is -2.07. The Balaban J connectivity index is 2.60. The Bertz CT molecular complexity index is 479. The van der Waals surface area contributed by atoms with Crippen molar-refractivity contribution in [2.75, 3.05) is 12.8 Å². The molecule has 0 spiro atoms. The Morgan fingerprint density at radius 3 is 2.80 bits per heavy atom. The maximum absolute atomic E-state index is 9.40. The van der Waals surface area contributed by atoms with E-state index in [4.69, 9.17) is 10.5 Å². The average Bonchev–Trinajstić information content (AvgIpc) is 2.64. The Kier molecular flexibility index (Phi) is 2.21. The number of phenolic OH excluding ortho intramolecular Hbond substituents is 1. The molecule has 15 heavy (non-hydrogen) atoms. The summed E-state index contributed by atoms with van der Waals surface area (Å²) >= 11 is 0. The Labute approximate surface area is 86.5 Å². The van der Waals surface area contributed by atoms with Crippen LogP contribution in [0.15, 0.2) is 24.4 Å². The summed E-state index contributed by atoms with van der Waals surface area (Å²) in [6.07, 6.45) is 1.59. The lowest BCUT2D eigenvalue weighted by atomic mass is 10.1. The van der Waals surface area contributed by atoms with Gasteiger partial charge < -0.3 is 15.6 Å². The number of aromatic nitrogens is 2. The van der Waals surface area contributed by atoms with Gasteiger partial charge in [-0.2, -0.15) is 5.10 Å². The Morgan fingerprint density at radius 1 is 1.40 bits per heavy atom. The van der Waals surface area contributed by atoms with Crippen LogP contribution in [0, 0.1) is 0 Å². The summed E-state index contributed by atoms with van der Waals surface area (Å²) in [6.45, 7) is 0. The fraction of sp³-hybridized carbons (Fsp3) is 0.100. The summed E-state index contributed by atoms with van der Waals surface area (Å²) in [5.74, 6) is 1.24. The number of H-pyrrole nitrogens is 1. The van der Waals surface area contributed by atoms with Gasteiger partial charge in [0.1, 0.15) is 17.3 Å². The molecule has 0 aliphatic carbocycles. The summed E-state index contributed by atoms with van der Waals surface area (Å²) in [6, 6.07) is 4.82. The number of hydrogen-bond acceptors (Lipinski definition) is 4. The van der Waals surface area contributed by atoms with E-state index in [2.05, 4.69) is 10.2 Å². The first-order chi connectivity index (χ1) is 7.22. The molecule has 4 N–H and O–H groups in total. The van der Waals surface area contributed by atoms with Crippen LogP contribution in [0.4, 0.5) is 5.82 Å². The minimum absolute atomic E-state index is 0.159. The smallest absolute Gasteiger partial charge is 0.127 e. The third kappa shape index (κ3) is 1.59. The van der Waals surface area contributed by atoms with Gasteiger partial charge in [0.15, 0.2) is 0 Å². The number of aromatic hydroxyl groups is 1. The summed E-state index contributed by atoms with van der Waals surface area (Å²) in [7, 11) is 1.56. The van der Waals surface area contributed by atoms with Crippen molar-refractivity contribution in [1.82, 2.24) is 10.2 Å². The standard InChI is InChI=1S/C10H11N3O2/c1-15-9-3-2-6(14)4-7(9)8-5-12-13-10(8)11/h2-5,14H,1H3,(H3,11,12,13). The van der Waals surface area contributed by atoms with Gasteiger partial charge in [0.05, 0.1) is 13.3 Å². The van der Waals surface area contributed by atoms with Crippen molar-refractivity contribution in [2.24, 2.45) is 0 Å². The van der Waals surface area contributed by atoms with E-state index < -0.39 is 0 Å². The number of nitrogens with one attached hydrogen (secondary N) is 1. The maximum Gasteiger partial charge on any atom is 0.127 e. The Hall–Kier alpha value is -2.17. The predicted octanol–water partition coefficient (Wildman–Crippen LogP) is 1.37. The first kappa shape index (κ1) is 9.39. The first-order valence-corrected chi connectivity index (χ1v) is 4.38. The van der Waals surface area contributed by atoms with Crippen molar-refractivity contribution in [2.45, 2.75) is 0 Å². The van der Waals surface area contributed by atoms with Gasteiger partial charge in [-0.15, -0.1) is 0 Å². The molecule has 78 valence electrons. The molecule has 5 heteroatoms. The molecule has 1 aromatic carbocycles. The van der Waals surface area contributed by atoms with Crippen LogP contribution < -0.4 is 10.5 Å². The highest BCUT2D eigenvalue weighted by Gasteiger charge is 2.11. The van der Waals surface area contributed by atoms with Gasteiger partial charge >= 0.3 is 0 Å². The molecule has 2 rings (SSSR count). The number of anilines is 1. The molecule has 2 aromatic rings. The number of nitrogens with zero attached hydrogens (tertiary/aromatic N) is 1. The maximum atomic E-state index is 9.40. The largest absolute Gasteiger partial charge is 0.508 e. The molecular weight excluding hydrogens is 194 g/mol. The fourth-order valence-electron chi connectivity index (χ4n) is 1.42. The Morgan fingerprint density at radius 2 is 2.20 bits per heavy atom. The molecule has 1 heterocycles. The zero-order valence-electron chi connectivity index (χ0n) is 8.19. The predicted molar refractivity (Wildman–Crippen MR) is 56.7 cm³/mol. The van der Waals surface area contributed by atoms with Gasteiger partial charge in [-0.25, -0.2) is 0 Å². The lowest BCUT2D eigenvalue weighted by molar-refractivity contribution is 0.414. The van der Waals surface area contributed by atoms with E-state index in [0.29, 0.717) is 22.7 Å². The van der Waals surface area contributed by atoms with Crippen molar-refractivity contribution in [1.29, 1.82) is 0 Å². The van der Waals surface area contributed by atoms with Gasteiger partial charge in [0.2, 0.25) is 0 Å². The number of hydrogen-bond donors (Lipinski definition) is 3. The normalized spacial score (nSPS) is 10.2. The van der Waals surface area contributed by atoms with Crippen molar-refractivity contribution >= 4 is 5.82 Å². The third-order valence-electron chi connectivity index (χ3n) is 2.14. The van der Waals surface area contributed by atoms with Crippen molar-refractivity contribution in [3.63, 3.8) is 0 Å². The molecule has 0 aliphatic heterocycles. The molecule has 0 saturated heterocycles. The molecule has 0 amide bonds. The minimum Gasteiger partial charge on any atom is -0.508 e. The van der Waals surface area contributed by atoms with Crippen molar-refractivity contribution in [3.8, 4) is 22.6 Å². The summed E-state index contributed by atoms with van der Waals surface area (Å²) < 4.78 is 5.17. The number of rotatable bonds is 2. The monoisotopic (exact) mass is 205 g/mol. The van der Waals surface area contributed by atoms with Crippen LogP contribution in [0.25, 0.3) is 11.1 Å². The molecule has 1 aromatic heterocycles. The zero-order chi connectivity index (χ0) is 10.8. The first-order valence-electron chi connectivity index (χ1n) is 4.38.